The first-order valence-electron chi connectivity index (χ1n) is 6.04. The predicted molar refractivity (Wildman–Crippen MR) is 67.5 cm³/mol. The Morgan fingerprint density at radius 2 is 1.81 bits per heavy atom. The van der Waals surface area contributed by atoms with E-state index in [1.165, 1.54) is 19.3 Å². The molecule has 2 unspecified atom stereocenters. The lowest BCUT2D eigenvalue weighted by Gasteiger charge is -2.28. The molecule has 0 spiro atoms. The van der Waals surface area contributed by atoms with Crippen molar-refractivity contribution in [1.29, 1.82) is 0 Å². The molecule has 1 aliphatic heterocycles. The van der Waals surface area contributed by atoms with Crippen LogP contribution in [-0.4, -0.2) is 30.4 Å². The Morgan fingerprint density at radius 3 is 2.25 bits per heavy atom. The molecule has 1 saturated carbocycles. The molecule has 94 valence electrons. The summed E-state index contributed by atoms with van der Waals surface area (Å²) >= 11 is 0. The first-order valence-corrected chi connectivity index (χ1v) is 6.04. The maximum atomic E-state index is 12.2. The molecular formula is C12H23ClN2O. The molecule has 0 bridgehead atoms. The van der Waals surface area contributed by atoms with E-state index in [1.54, 1.807) is 0 Å². The lowest BCUT2D eigenvalue weighted by molar-refractivity contribution is -0.139. The fourth-order valence-corrected chi connectivity index (χ4v) is 2.92. The maximum absolute atomic E-state index is 12.2. The Labute approximate surface area is 104 Å². The first-order chi connectivity index (χ1) is 7.04. The van der Waals surface area contributed by atoms with Crippen LogP contribution >= 0.6 is 12.4 Å². The number of fused-ring (bicyclic) bond motifs is 1. The van der Waals surface area contributed by atoms with Gasteiger partial charge in [-0.2, -0.15) is 0 Å². The summed E-state index contributed by atoms with van der Waals surface area (Å²) in [6.45, 7) is 6.30. The number of nitrogens with two attached hydrogens (primary N) is 1. The van der Waals surface area contributed by atoms with E-state index in [4.69, 9.17) is 5.73 Å². The van der Waals surface area contributed by atoms with E-state index in [0.717, 1.165) is 24.9 Å². The largest absolute Gasteiger partial charge is 0.342 e. The minimum atomic E-state index is -0.376. The normalized spacial score (nSPS) is 28.8. The van der Waals surface area contributed by atoms with Crippen molar-refractivity contribution in [2.24, 2.45) is 23.0 Å². The van der Waals surface area contributed by atoms with Gasteiger partial charge in [0, 0.05) is 19.6 Å². The molecule has 1 saturated heterocycles. The topological polar surface area (TPSA) is 46.3 Å². The number of hydrogen-bond donors (Lipinski definition) is 1. The second-order valence-electron chi connectivity index (χ2n) is 5.75. The SMILES string of the molecule is CC(C)(CN)C(=O)N1CC2CCCC2C1.Cl. The highest BCUT2D eigenvalue weighted by Gasteiger charge is 2.41. The molecular weight excluding hydrogens is 224 g/mol. The van der Waals surface area contributed by atoms with Gasteiger partial charge in [-0.3, -0.25) is 4.79 Å². The molecule has 2 atom stereocenters. The Morgan fingerprint density at radius 1 is 1.31 bits per heavy atom. The molecule has 3 nitrogen and oxygen atoms in total. The van der Waals surface area contributed by atoms with Crippen molar-refractivity contribution >= 4 is 18.3 Å². The van der Waals surface area contributed by atoms with Crippen LogP contribution in [0.3, 0.4) is 0 Å². The number of likely N-dealkylation sites (tertiary alicyclic amines) is 1. The zero-order valence-corrected chi connectivity index (χ0v) is 11.1. The van der Waals surface area contributed by atoms with Gasteiger partial charge < -0.3 is 10.6 Å². The van der Waals surface area contributed by atoms with E-state index >= 15 is 0 Å². The third-order valence-electron chi connectivity index (χ3n) is 4.10. The van der Waals surface area contributed by atoms with Crippen LogP contribution in [0.4, 0.5) is 0 Å². The summed E-state index contributed by atoms with van der Waals surface area (Å²) in [6, 6.07) is 0. The van der Waals surface area contributed by atoms with Crippen LogP contribution in [0.1, 0.15) is 33.1 Å². The summed E-state index contributed by atoms with van der Waals surface area (Å²) in [6.07, 6.45) is 3.99. The molecule has 2 fully saturated rings. The van der Waals surface area contributed by atoms with Gasteiger partial charge >= 0.3 is 0 Å². The van der Waals surface area contributed by atoms with Crippen LogP contribution in [0.5, 0.6) is 0 Å². The van der Waals surface area contributed by atoms with Crippen LogP contribution in [-0.2, 0) is 4.79 Å². The van der Waals surface area contributed by atoms with Crippen molar-refractivity contribution in [3.63, 3.8) is 0 Å². The second kappa shape index (κ2) is 4.92. The lowest BCUT2D eigenvalue weighted by Crippen LogP contribution is -2.44. The minimum Gasteiger partial charge on any atom is -0.342 e. The number of hydrogen-bond acceptors (Lipinski definition) is 2. The molecule has 1 heterocycles. The van der Waals surface area contributed by atoms with E-state index in [2.05, 4.69) is 0 Å². The van der Waals surface area contributed by atoms with E-state index in [9.17, 15) is 4.79 Å². The average molecular weight is 247 g/mol. The molecule has 4 heteroatoms. The second-order valence-corrected chi connectivity index (χ2v) is 5.75. The van der Waals surface area contributed by atoms with Crippen molar-refractivity contribution in [3.8, 4) is 0 Å². The number of halogens is 1. The molecule has 1 aliphatic carbocycles. The van der Waals surface area contributed by atoms with Crippen molar-refractivity contribution in [1.82, 2.24) is 4.90 Å². The Hall–Kier alpha value is -0.280. The maximum Gasteiger partial charge on any atom is 0.229 e. The summed E-state index contributed by atoms with van der Waals surface area (Å²) in [5.41, 5.74) is 5.27. The van der Waals surface area contributed by atoms with Crippen molar-refractivity contribution < 1.29 is 4.79 Å². The van der Waals surface area contributed by atoms with Crippen LogP contribution in [0.25, 0.3) is 0 Å². The fraction of sp³-hybridized carbons (Fsp3) is 0.917. The Balaban J connectivity index is 0.00000128. The number of carbonyl (C=O) groups is 1. The smallest absolute Gasteiger partial charge is 0.229 e. The molecule has 0 aromatic carbocycles. The molecule has 2 rings (SSSR count). The quantitative estimate of drug-likeness (QED) is 0.806. The molecule has 1 amide bonds. The molecule has 0 aromatic heterocycles. The van der Waals surface area contributed by atoms with Crippen molar-refractivity contribution in [2.75, 3.05) is 19.6 Å². The van der Waals surface area contributed by atoms with E-state index in [-0.39, 0.29) is 23.7 Å². The van der Waals surface area contributed by atoms with Crippen molar-refractivity contribution in [3.05, 3.63) is 0 Å². The summed E-state index contributed by atoms with van der Waals surface area (Å²) < 4.78 is 0. The lowest BCUT2D eigenvalue weighted by atomic mass is 9.92. The number of rotatable bonds is 2. The van der Waals surface area contributed by atoms with Gasteiger partial charge in [-0.25, -0.2) is 0 Å². The summed E-state index contributed by atoms with van der Waals surface area (Å²) in [7, 11) is 0. The Bertz CT molecular complexity index is 256. The third-order valence-corrected chi connectivity index (χ3v) is 4.10. The Kier molecular flexibility index (Phi) is 4.24. The molecule has 0 radical (unpaired) electrons. The van der Waals surface area contributed by atoms with Gasteiger partial charge in [0.1, 0.15) is 0 Å². The molecule has 16 heavy (non-hydrogen) atoms. The number of nitrogens with zero attached hydrogens (tertiary/aromatic N) is 1. The summed E-state index contributed by atoms with van der Waals surface area (Å²) in [5.74, 6) is 1.81. The van der Waals surface area contributed by atoms with Crippen LogP contribution < -0.4 is 5.73 Å². The molecule has 2 N–H and O–H groups in total. The number of amides is 1. The predicted octanol–water partition coefficient (Wildman–Crippen LogP) is 1.65. The van der Waals surface area contributed by atoms with Gasteiger partial charge in [0.2, 0.25) is 5.91 Å². The standard InChI is InChI=1S/C12H22N2O.ClH/c1-12(2,8-13)11(15)14-6-9-4-3-5-10(9)7-14;/h9-10H,3-8,13H2,1-2H3;1H. The van der Waals surface area contributed by atoms with E-state index < -0.39 is 0 Å². The zero-order chi connectivity index (χ0) is 11.1. The average Bonchev–Trinajstić information content (AvgIpc) is 2.75. The van der Waals surface area contributed by atoms with Crippen LogP contribution in [0, 0.1) is 17.3 Å². The van der Waals surface area contributed by atoms with E-state index in [1.807, 2.05) is 18.7 Å². The zero-order valence-electron chi connectivity index (χ0n) is 10.2. The van der Waals surface area contributed by atoms with Gasteiger partial charge in [0.15, 0.2) is 0 Å². The van der Waals surface area contributed by atoms with Gasteiger partial charge in [0.05, 0.1) is 5.41 Å². The molecule has 2 aliphatic rings. The fourth-order valence-electron chi connectivity index (χ4n) is 2.92. The minimum absolute atomic E-state index is 0. The highest BCUT2D eigenvalue weighted by Crippen LogP contribution is 2.38. The summed E-state index contributed by atoms with van der Waals surface area (Å²) in [5, 5.41) is 0. The van der Waals surface area contributed by atoms with Crippen LogP contribution in [0.15, 0.2) is 0 Å². The monoisotopic (exact) mass is 246 g/mol. The van der Waals surface area contributed by atoms with Gasteiger partial charge in [-0.05, 0) is 38.5 Å². The number of carbonyl (C=O) groups excluding carboxylic acids is 1. The highest BCUT2D eigenvalue weighted by atomic mass is 35.5. The van der Waals surface area contributed by atoms with Crippen molar-refractivity contribution in [2.45, 2.75) is 33.1 Å². The molecule has 0 aromatic rings. The van der Waals surface area contributed by atoms with Crippen LogP contribution in [0.2, 0.25) is 0 Å². The third kappa shape index (κ3) is 2.35. The summed E-state index contributed by atoms with van der Waals surface area (Å²) in [4.78, 5) is 14.2. The van der Waals surface area contributed by atoms with Gasteiger partial charge in [0.25, 0.3) is 0 Å². The van der Waals surface area contributed by atoms with Gasteiger partial charge in [-0.1, -0.05) is 6.42 Å². The van der Waals surface area contributed by atoms with Gasteiger partial charge in [-0.15, -0.1) is 12.4 Å². The van der Waals surface area contributed by atoms with E-state index in [0.29, 0.717) is 6.54 Å². The first kappa shape index (κ1) is 13.8. The highest BCUT2D eigenvalue weighted by molar-refractivity contribution is 5.85.